The SMILES string of the molecule is C=CCN(C)C(=O)C1CN(C(=O)c2ccc(F)c(F)c2Cc2ccc(I)cc2F)C1. The lowest BCUT2D eigenvalue weighted by Crippen LogP contribution is -2.56. The Labute approximate surface area is 186 Å². The van der Waals surface area contributed by atoms with Gasteiger partial charge in [-0.2, -0.15) is 0 Å². The molecule has 0 aliphatic carbocycles. The van der Waals surface area contributed by atoms with E-state index in [0.29, 0.717) is 10.1 Å². The summed E-state index contributed by atoms with van der Waals surface area (Å²) in [5.41, 5.74) is -0.0625. The third-order valence-corrected chi connectivity index (χ3v) is 5.78. The van der Waals surface area contributed by atoms with Gasteiger partial charge in [-0.05, 0) is 52.4 Å². The van der Waals surface area contributed by atoms with E-state index in [1.807, 2.05) is 22.6 Å². The molecule has 0 atom stereocenters. The standard InChI is InChI=1S/C22H20F3IN2O2/c1-3-8-27(2)21(29)14-11-28(12-14)22(30)16-6-7-18(23)20(25)17(16)9-13-4-5-15(26)10-19(13)24/h3-7,10,14H,1,8-9,11-12H2,2H3. The van der Waals surface area contributed by atoms with Crippen molar-refractivity contribution in [3.63, 3.8) is 0 Å². The van der Waals surface area contributed by atoms with Crippen molar-refractivity contribution in [3.8, 4) is 0 Å². The number of halogens is 4. The quantitative estimate of drug-likeness (QED) is 0.420. The van der Waals surface area contributed by atoms with Gasteiger partial charge in [0.2, 0.25) is 5.91 Å². The highest BCUT2D eigenvalue weighted by molar-refractivity contribution is 14.1. The second-order valence-corrected chi connectivity index (χ2v) is 8.46. The van der Waals surface area contributed by atoms with Crippen LogP contribution in [-0.4, -0.2) is 48.3 Å². The molecule has 0 bridgehead atoms. The van der Waals surface area contributed by atoms with E-state index in [9.17, 15) is 22.8 Å². The fourth-order valence-electron chi connectivity index (χ4n) is 3.39. The third-order valence-electron chi connectivity index (χ3n) is 5.11. The van der Waals surface area contributed by atoms with E-state index in [0.717, 1.165) is 6.07 Å². The highest BCUT2D eigenvalue weighted by Crippen LogP contribution is 2.27. The first-order valence-electron chi connectivity index (χ1n) is 9.28. The zero-order valence-electron chi connectivity index (χ0n) is 16.3. The van der Waals surface area contributed by atoms with Crippen LogP contribution in [0.15, 0.2) is 43.0 Å². The molecule has 30 heavy (non-hydrogen) atoms. The number of likely N-dealkylation sites (tertiary alicyclic amines) is 1. The summed E-state index contributed by atoms with van der Waals surface area (Å²) in [6.07, 6.45) is 1.35. The van der Waals surface area contributed by atoms with Crippen molar-refractivity contribution < 1.29 is 22.8 Å². The van der Waals surface area contributed by atoms with Gasteiger partial charge in [0.05, 0.1) is 5.92 Å². The van der Waals surface area contributed by atoms with E-state index >= 15 is 0 Å². The van der Waals surface area contributed by atoms with E-state index in [2.05, 4.69) is 6.58 Å². The van der Waals surface area contributed by atoms with Crippen LogP contribution in [0.2, 0.25) is 0 Å². The van der Waals surface area contributed by atoms with Gasteiger partial charge in [0, 0.05) is 47.8 Å². The summed E-state index contributed by atoms with van der Waals surface area (Å²) in [5, 5.41) is 0. The Hall–Kier alpha value is -2.36. The highest BCUT2D eigenvalue weighted by Gasteiger charge is 2.38. The Kier molecular flexibility index (Phi) is 6.84. The van der Waals surface area contributed by atoms with Crippen LogP contribution in [0, 0.1) is 26.9 Å². The van der Waals surface area contributed by atoms with Crippen LogP contribution in [-0.2, 0) is 11.2 Å². The van der Waals surface area contributed by atoms with Crippen molar-refractivity contribution in [2.75, 3.05) is 26.7 Å². The molecule has 0 saturated carbocycles. The van der Waals surface area contributed by atoms with E-state index < -0.39 is 23.4 Å². The fraction of sp³-hybridized carbons (Fsp3) is 0.273. The number of hydrogen-bond donors (Lipinski definition) is 0. The largest absolute Gasteiger partial charge is 0.342 e. The molecule has 0 aromatic heterocycles. The number of carbonyl (C=O) groups excluding carboxylic acids is 2. The van der Waals surface area contributed by atoms with E-state index in [-0.39, 0.29) is 48.0 Å². The zero-order valence-corrected chi connectivity index (χ0v) is 18.5. The topological polar surface area (TPSA) is 40.6 Å². The molecule has 0 radical (unpaired) electrons. The maximum Gasteiger partial charge on any atom is 0.254 e. The van der Waals surface area contributed by atoms with Crippen molar-refractivity contribution in [1.82, 2.24) is 9.80 Å². The monoisotopic (exact) mass is 528 g/mol. The first kappa shape index (κ1) is 22.3. The second-order valence-electron chi connectivity index (χ2n) is 7.21. The molecule has 2 aromatic carbocycles. The van der Waals surface area contributed by atoms with Gasteiger partial charge < -0.3 is 9.80 Å². The molecule has 1 saturated heterocycles. The van der Waals surface area contributed by atoms with Crippen molar-refractivity contribution in [2.24, 2.45) is 5.92 Å². The molecule has 0 spiro atoms. The number of nitrogens with zero attached hydrogens (tertiary/aromatic N) is 2. The smallest absolute Gasteiger partial charge is 0.254 e. The van der Waals surface area contributed by atoms with Gasteiger partial charge in [-0.1, -0.05) is 12.1 Å². The number of carbonyl (C=O) groups is 2. The lowest BCUT2D eigenvalue weighted by atomic mass is 9.93. The molecule has 2 amide bonds. The summed E-state index contributed by atoms with van der Waals surface area (Å²) >= 11 is 1.95. The average molecular weight is 528 g/mol. The number of hydrogen-bond acceptors (Lipinski definition) is 2. The molecular weight excluding hydrogens is 508 g/mol. The van der Waals surface area contributed by atoms with Crippen LogP contribution in [0.25, 0.3) is 0 Å². The number of likely N-dealkylation sites (N-methyl/N-ethyl adjacent to an activating group) is 1. The lowest BCUT2D eigenvalue weighted by Gasteiger charge is -2.40. The predicted octanol–water partition coefficient (Wildman–Crippen LogP) is 4.02. The summed E-state index contributed by atoms with van der Waals surface area (Å²) in [7, 11) is 1.65. The molecule has 0 unspecified atom stereocenters. The normalized spacial score (nSPS) is 13.7. The maximum absolute atomic E-state index is 14.6. The van der Waals surface area contributed by atoms with Gasteiger partial charge >= 0.3 is 0 Å². The minimum absolute atomic E-state index is 0.0304. The summed E-state index contributed by atoms with van der Waals surface area (Å²) in [6.45, 7) is 4.37. The van der Waals surface area contributed by atoms with Crippen molar-refractivity contribution in [3.05, 3.63) is 80.7 Å². The number of rotatable bonds is 6. The van der Waals surface area contributed by atoms with E-state index in [1.54, 1.807) is 19.2 Å². The first-order chi connectivity index (χ1) is 14.2. The van der Waals surface area contributed by atoms with Crippen molar-refractivity contribution >= 4 is 34.4 Å². The minimum Gasteiger partial charge on any atom is -0.342 e. The Balaban J connectivity index is 1.81. The van der Waals surface area contributed by atoms with E-state index in [4.69, 9.17) is 0 Å². The molecule has 158 valence electrons. The van der Waals surface area contributed by atoms with Crippen LogP contribution in [0.5, 0.6) is 0 Å². The molecular formula is C22H20F3IN2O2. The second kappa shape index (κ2) is 9.20. The molecule has 4 nitrogen and oxygen atoms in total. The van der Waals surface area contributed by atoms with Gasteiger partial charge in [0.25, 0.3) is 5.91 Å². The molecule has 1 aliphatic rings. The Morgan fingerprint density at radius 2 is 1.90 bits per heavy atom. The average Bonchev–Trinajstić information content (AvgIpc) is 2.66. The zero-order chi connectivity index (χ0) is 22.0. The van der Waals surface area contributed by atoms with Crippen LogP contribution in [0.3, 0.4) is 0 Å². The van der Waals surface area contributed by atoms with E-state index in [1.165, 1.54) is 28.0 Å². The summed E-state index contributed by atoms with van der Waals surface area (Å²) < 4.78 is 43.3. The van der Waals surface area contributed by atoms with Crippen molar-refractivity contribution in [1.29, 1.82) is 0 Å². The minimum atomic E-state index is -1.17. The Bertz CT molecular complexity index is 1010. The van der Waals surface area contributed by atoms with Gasteiger partial charge in [-0.3, -0.25) is 9.59 Å². The van der Waals surface area contributed by atoms with Crippen LogP contribution in [0.1, 0.15) is 21.5 Å². The summed E-state index contributed by atoms with van der Waals surface area (Å²) in [6, 6.07) is 6.53. The summed E-state index contributed by atoms with van der Waals surface area (Å²) in [5.74, 6) is -3.78. The third kappa shape index (κ3) is 4.53. The molecule has 0 N–H and O–H groups in total. The first-order valence-corrected chi connectivity index (χ1v) is 10.4. The molecule has 8 heteroatoms. The molecule has 1 fully saturated rings. The molecule has 2 aromatic rings. The molecule has 3 rings (SSSR count). The maximum atomic E-state index is 14.6. The van der Waals surface area contributed by atoms with Gasteiger partial charge in [-0.25, -0.2) is 13.2 Å². The van der Waals surface area contributed by atoms with Crippen LogP contribution in [0.4, 0.5) is 13.2 Å². The van der Waals surface area contributed by atoms with Crippen molar-refractivity contribution in [2.45, 2.75) is 6.42 Å². The number of benzene rings is 2. The van der Waals surface area contributed by atoms with Crippen LogP contribution >= 0.6 is 22.6 Å². The predicted molar refractivity (Wildman–Crippen MR) is 116 cm³/mol. The van der Waals surface area contributed by atoms with Crippen LogP contribution < -0.4 is 0 Å². The lowest BCUT2D eigenvalue weighted by molar-refractivity contribution is -0.137. The fourth-order valence-corrected chi connectivity index (χ4v) is 3.84. The molecule has 1 aliphatic heterocycles. The summed E-state index contributed by atoms with van der Waals surface area (Å²) in [4.78, 5) is 28.1. The molecule has 1 heterocycles. The van der Waals surface area contributed by atoms with Gasteiger partial charge in [0.15, 0.2) is 11.6 Å². The highest BCUT2D eigenvalue weighted by atomic mass is 127. The Morgan fingerprint density at radius 1 is 1.20 bits per heavy atom. The van der Waals surface area contributed by atoms with Gasteiger partial charge in [-0.15, -0.1) is 6.58 Å². The Morgan fingerprint density at radius 3 is 2.53 bits per heavy atom. The van der Waals surface area contributed by atoms with Gasteiger partial charge in [0.1, 0.15) is 5.82 Å². The number of amides is 2.